The van der Waals surface area contributed by atoms with Gasteiger partial charge >= 0.3 is 6.03 Å². The Labute approximate surface area is 129 Å². The monoisotopic (exact) mass is 354 g/mol. The van der Waals surface area contributed by atoms with Gasteiger partial charge in [-0.1, -0.05) is 49.5 Å². The van der Waals surface area contributed by atoms with Gasteiger partial charge in [0.05, 0.1) is 0 Å². The van der Waals surface area contributed by atoms with Crippen molar-refractivity contribution in [2.75, 3.05) is 0 Å². The van der Waals surface area contributed by atoms with Gasteiger partial charge < -0.3 is 15.9 Å². The fourth-order valence-corrected chi connectivity index (χ4v) is 1.47. The molecular formula is C13H27BrN2O4. The Hall–Kier alpha value is -0.660. The molecule has 0 aromatic carbocycles. The molecule has 0 fully saturated rings. The Balaban J connectivity index is 0. The number of unbranched alkanes of at least 4 members (excludes halogenated alkanes) is 2. The van der Waals surface area contributed by atoms with Gasteiger partial charge in [0.25, 0.3) is 0 Å². The fraction of sp³-hybridized carbons (Fsp3) is 0.846. The third-order valence-electron chi connectivity index (χ3n) is 2.83. The van der Waals surface area contributed by atoms with Crippen LogP contribution in [0.2, 0.25) is 0 Å². The molecule has 0 aromatic heterocycles. The van der Waals surface area contributed by atoms with Crippen molar-refractivity contribution in [1.29, 1.82) is 0 Å². The molecule has 0 radical (unpaired) electrons. The number of imide groups is 1. The maximum Gasteiger partial charge on any atom is 0.318 e. The second kappa shape index (κ2) is 12.1. The summed E-state index contributed by atoms with van der Waals surface area (Å²) in [5.74, 6) is -0.375. The summed E-state index contributed by atoms with van der Waals surface area (Å²) in [5, 5.41) is 18.7. The number of alkyl halides is 1. The van der Waals surface area contributed by atoms with E-state index in [0.29, 0.717) is 19.3 Å². The molecule has 0 aliphatic carbocycles. The Morgan fingerprint density at radius 3 is 2.00 bits per heavy atom. The number of amides is 3. The molecule has 0 bridgehead atoms. The summed E-state index contributed by atoms with van der Waals surface area (Å²) < 4.78 is -0.665. The summed E-state index contributed by atoms with van der Waals surface area (Å²) in [7, 11) is 0. The number of nitrogens with two attached hydrogens (primary N) is 1. The lowest BCUT2D eigenvalue weighted by Crippen LogP contribution is -2.46. The van der Waals surface area contributed by atoms with Crippen LogP contribution in [-0.2, 0) is 4.79 Å². The Bertz CT molecular complexity index is 282. The largest absolute Gasteiger partial charge is 0.368 e. The lowest BCUT2D eigenvalue weighted by Gasteiger charge is -2.21. The van der Waals surface area contributed by atoms with Gasteiger partial charge in [-0.3, -0.25) is 10.1 Å². The van der Waals surface area contributed by atoms with E-state index in [1.54, 1.807) is 0 Å². The number of carbonyl (C=O) groups excluding carboxylic acids is 2. The van der Waals surface area contributed by atoms with Gasteiger partial charge in [-0.25, -0.2) is 4.79 Å². The number of nitrogens with one attached hydrogen (secondary N) is 1. The van der Waals surface area contributed by atoms with E-state index in [1.165, 1.54) is 0 Å². The SMILES string of the molecule is CCC(Br)(CC)C(=O)NC(N)=O.CCCCCC(O)O. The molecule has 0 unspecified atom stereocenters. The topological polar surface area (TPSA) is 113 Å². The summed E-state index contributed by atoms with van der Waals surface area (Å²) in [6.07, 6.45) is 3.80. The van der Waals surface area contributed by atoms with Crippen molar-refractivity contribution >= 4 is 27.9 Å². The average Bonchev–Trinajstić information content (AvgIpc) is 2.37. The zero-order valence-corrected chi connectivity index (χ0v) is 14.1. The Morgan fingerprint density at radius 2 is 1.70 bits per heavy atom. The van der Waals surface area contributed by atoms with E-state index < -0.39 is 16.6 Å². The predicted octanol–water partition coefficient (Wildman–Crippen LogP) is 2.01. The molecule has 0 aliphatic rings. The molecular weight excluding hydrogens is 328 g/mol. The van der Waals surface area contributed by atoms with Crippen molar-refractivity contribution < 1.29 is 19.8 Å². The first-order valence-electron chi connectivity index (χ1n) is 6.89. The second-order valence-corrected chi connectivity index (χ2v) is 5.99. The molecule has 0 aromatic rings. The molecule has 3 amide bonds. The lowest BCUT2D eigenvalue weighted by molar-refractivity contribution is -0.122. The van der Waals surface area contributed by atoms with Crippen LogP contribution in [0.5, 0.6) is 0 Å². The summed E-state index contributed by atoms with van der Waals surface area (Å²) in [4.78, 5) is 21.6. The minimum absolute atomic E-state index is 0.375. The molecule has 0 rings (SSSR count). The van der Waals surface area contributed by atoms with Crippen molar-refractivity contribution in [3.8, 4) is 0 Å². The highest BCUT2D eigenvalue weighted by molar-refractivity contribution is 9.10. The van der Waals surface area contributed by atoms with Crippen molar-refractivity contribution in [1.82, 2.24) is 5.32 Å². The van der Waals surface area contributed by atoms with E-state index in [-0.39, 0.29) is 5.91 Å². The molecule has 0 saturated heterocycles. The van der Waals surface area contributed by atoms with E-state index >= 15 is 0 Å². The number of hydrogen-bond acceptors (Lipinski definition) is 4. The van der Waals surface area contributed by atoms with E-state index in [2.05, 4.69) is 22.9 Å². The van der Waals surface area contributed by atoms with Gasteiger partial charge in [0, 0.05) is 0 Å². The normalized spacial score (nSPS) is 10.8. The maximum atomic E-state index is 11.3. The van der Waals surface area contributed by atoms with Gasteiger partial charge in [-0.2, -0.15) is 0 Å². The van der Waals surface area contributed by atoms with Crippen molar-refractivity contribution in [2.24, 2.45) is 5.73 Å². The van der Waals surface area contributed by atoms with E-state index in [0.717, 1.165) is 19.3 Å². The van der Waals surface area contributed by atoms with Crippen LogP contribution in [0.3, 0.4) is 0 Å². The fourth-order valence-electron chi connectivity index (χ4n) is 1.37. The minimum Gasteiger partial charge on any atom is -0.368 e. The van der Waals surface area contributed by atoms with Crippen LogP contribution in [0.4, 0.5) is 4.79 Å². The first-order chi connectivity index (χ1) is 9.23. The molecule has 120 valence electrons. The molecule has 0 atom stereocenters. The number of carbonyl (C=O) groups is 2. The number of rotatable bonds is 7. The molecule has 7 heteroatoms. The zero-order valence-electron chi connectivity index (χ0n) is 12.5. The highest BCUT2D eigenvalue weighted by atomic mass is 79.9. The Morgan fingerprint density at radius 1 is 1.20 bits per heavy atom. The number of aliphatic hydroxyl groups excluding tert-OH is 1. The number of urea groups is 1. The van der Waals surface area contributed by atoms with Gasteiger partial charge in [-0.15, -0.1) is 0 Å². The molecule has 0 aliphatic heterocycles. The molecule has 0 heterocycles. The second-order valence-electron chi connectivity index (χ2n) is 4.47. The summed E-state index contributed by atoms with van der Waals surface area (Å²) in [6.45, 7) is 5.81. The highest BCUT2D eigenvalue weighted by Crippen LogP contribution is 2.26. The lowest BCUT2D eigenvalue weighted by atomic mass is 10.0. The first kappa shape index (κ1) is 21.6. The molecule has 6 nitrogen and oxygen atoms in total. The molecule has 0 saturated carbocycles. The summed E-state index contributed by atoms with van der Waals surface area (Å²) in [5.41, 5.74) is 4.81. The third kappa shape index (κ3) is 11.2. The van der Waals surface area contributed by atoms with Gasteiger partial charge in [0.1, 0.15) is 4.32 Å². The van der Waals surface area contributed by atoms with Gasteiger partial charge in [-0.05, 0) is 25.7 Å². The smallest absolute Gasteiger partial charge is 0.318 e. The standard InChI is InChI=1S/C7H13BrN2O2.C6H14O2/c1-3-7(8,4-2)5(11)10-6(9)12;1-2-3-4-5-6(7)8/h3-4H2,1-2H3,(H3,9,10,11,12);6-8H,2-5H2,1H3. The number of hydrogen-bond donors (Lipinski definition) is 4. The van der Waals surface area contributed by atoms with Crippen molar-refractivity contribution in [3.05, 3.63) is 0 Å². The quantitative estimate of drug-likeness (QED) is 0.318. The molecule has 20 heavy (non-hydrogen) atoms. The highest BCUT2D eigenvalue weighted by Gasteiger charge is 2.32. The van der Waals surface area contributed by atoms with Crippen LogP contribution in [0.1, 0.15) is 59.3 Å². The molecule has 0 spiro atoms. The Kier molecular flexibility index (Phi) is 13.1. The minimum atomic E-state index is -1.10. The third-order valence-corrected chi connectivity index (χ3v) is 4.31. The van der Waals surface area contributed by atoms with Crippen molar-refractivity contribution in [2.45, 2.75) is 69.9 Å². The van der Waals surface area contributed by atoms with E-state index in [9.17, 15) is 9.59 Å². The van der Waals surface area contributed by atoms with Crippen LogP contribution in [0.25, 0.3) is 0 Å². The average molecular weight is 355 g/mol. The van der Waals surface area contributed by atoms with Gasteiger partial charge in [0.2, 0.25) is 5.91 Å². The zero-order chi connectivity index (χ0) is 16.2. The van der Waals surface area contributed by atoms with Crippen LogP contribution in [0, 0.1) is 0 Å². The molecule has 5 N–H and O–H groups in total. The van der Waals surface area contributed by atoms with Gasteiger partial charge in [0.15, 0.2) is 6.29 Å². The van der Waals surface area contributed by atoms with Crippen LogP contribution >= 0.6 is 15.9 Å². The van der Waals surface area contributed by atoms with Crippen molar-refractivity contribution in [3.63, 3.8) is 0 Å². The predicted molar refractivity (Wildman–Crippen MR) is 82.3 cm³/mol. The number of aliphatic hydroxyl groups is 2. The van der Waals surface area contributed by atoms with E-state index in [4.69, 9.17) is 15.9 Å². The summed E-state index contributed by atoms with van der Waals surface area (Å²) >= 11 is 3.26. The maximum absolute atomic E-state index is 11.3. The van der Waals surface area contributed by atoms with Crippen LogP contribution < -0.4 is 11.1 Å². The number of halogens is 1. The summed E-state index contributed by atoms with van der Waals surface area (Å²) in [6, 6.07) is -0.814. The van der Waals surface area contributed by atoms with Crippen LogP contribution in [0.15, 0.2) is 0 Å². The van der Waals surface area contributed by atoms with E-state index in [1.807, 2.05) is 19.2 Å². The van der Waals surface area contributed by atoms with Crippen LogP contribution in [-0.4, -0.2) is 32.8 Å². The first-order valence-corrected chi connectivity index (χ1v) is 7.68. The number of primary amides is 1.